The van der Waals surface area contributed by atoms with Crippen LogP contribution < -0.4 is 5.32 Å². The Morgan fingerprint density at radius 3 is 2.16 bits per heavy atom. The van der Waals surface area contributed by atoms with Crippen molar-refractivity contribution in [3.63, 3.8) is 0 Å². The Morgan fingerprint density at radius 2 is 1.57 bits per heavy atom. The molecule has 19 atom stereocenters. The summed E-state index contributed by atoms with van der Waals surface area (Å²) in [5.41, 5.74) is -3.61. The first-order chi connectivity index (χ1) is 32.1. The van der Waals surface area contributed by atoms with E-state index in [1.165, 1.54) is 32.8 Å². The second-order valence-corrected chi connectivity index (χ2v) is 21.0. The molecule has 0 aliphatic carbocycles. The van der Waals surface area contributed by atoms with E-state index in [9.17, 15) is 44.7 Å². The van der Waals surface area contributed by atoms with Crippen LogP contribution >= 0.6 is 0 Å². The molecule has 19 heteroatoms. The van der Waals surface area contributed by atoms with Gasteiger partial charge >= 0.3 is 12.1 Å². The second kappa shape index (κ2) is 23.0. The van der Waals surface area contributed by atoms with Crippen molar-refractivity contribution < 1.29 is 77.9 Å². The van der Waals surface area contributed by atoms with E-state index in [1.807, 2.05) is 31.0 Å². The largest absolute Gasteiger partial charge is 0.459 e. The fourth-order valence-corrected chi connectivity index (χ4v) is 10.7. The number of benzene rings is 1. The molecule has 69 heavy (non-hydrogen) atoms. The number of cyclic esters (lactones) is 2. The van der Waals surface area contributed by atoms with Gasteiger partial charge < -0.3 is 73.8 Å². The maximum Gasteiger partial charge on any atom is 0.410 e. The van der Waals surface area contributed by atoms with Crippen molar-refractivity contribution in [1.29, 1.82) is 0 Å². The Balaban J connectivity index is 1.41. The normalized spacial score (nSPS) is 41.9. The van der Waals surface area contributed by atoms with Crippen LogP contribution in [0.5, 0.6) is 0 Å². The molecule has 0 aromatic heterocycles. The summed E-state index contributed by atoms with van der Waals surface area (Å²) in [4.78, 5) is 56.4. The van der Waals surface area contributed by atoms with Gasteiger partial charge in [0.2, 0.25) is 0 Å². The van der Waals surface area contributed by atoms with Crippen LogP contribution in [0.25, 0.3) is 0 Å². The van der Waals surface area contributed by atoms with E-state index in [4.69, 9.17) is 33.2 Å². The Hall–Kier alpha value is -3.34. The summed E-state index contributed by atoms with van der Waals surface area (Å²) in [7, 11) is 4.99. The molecule has 4 aliphatic rings. The minimum Gasteiger partial charge on any atom is -0.459 e. The number of nitrogens with one attached hydrogen (secondary N) is 1. The summed E-state index contributed by atoms with van der Waals surface area (Å²) in [6.07, 6.45) is -11.0. The topological polar surface area (TPSA) is 253 Å². The van der Waals surface area contributed by atoms with Gasteiger partial charge in [-0.3, -0.25) is 14.4 Å². The minimum absolute atomic E-state index is 0.0533. The highest BCUT2D eigenvalue weighted by Gasteiger charge is 2.53. The van der Waals surface area contributed by atoms with E-state index in [0.29, 0.717) is 31.5 Å². The highest BCUT2D eigenvalue weighted by molar-refractivity contribution is 5.94. The van der Waals surface area contributed by atoms with E-state index >= 15 is 0 Å². The first-order valence-corrected chi connectivity index (χ1v) is 24.5. The number of rotatable bonds is 13. The quantitative estimate of drug-likeness (QED) is 0.155. The lowest BCUT2D eigenvalue weighted by Gasteiger charge is -2.49. The molecule has 1 aromatic rings. The molecule has 6 N–H and O–H groups in total. The molecule has 0 unspecified atom stereocenters. The molecule has 4 fully saturated rings. The van der Waals surface area contributed by atoms with Gasteiger partial charge in [0.1, 0.15) is 35.8 Å². The number of methoxy groups -OCH3 is 1. The van der Waals surface area contributed by atoms with E-state index in [1.54, 1.807) is 60.7 Å². The Morgan fingerprint density at radius 1 is 0.913 bits per heavy atom. The lowest BCUT2D eigenvalue weighted by molar-refractivity contribution is -0.318. The fraction of sp³-hybridized carbons (Fsp3) is 0.800. The average molecular weight is 980 g/mol. The molecular weight excluding hydrogens is 899 g/mol. The molecule has 1 aromatic carbocycles. The van der Waals surface area contributed by atoms with Crippen molar-refractivity contribution >= 4 is 23.8 Å². The Kier molecular flexibility index (Phi) is 18.9. The lowest BCUT2D eigenvalue weighted by Crippen LogP contribution is -2.61. The SMILES string of the molecule is CC[C@H]1OC(=O)[C@H](C)[C@@H](O[C@H]2C[C@@](C)(OC)[C@@H](O)[C@H](C)O2)[C@H](C)[C@@H](O[C@@H]2O[C@H](C)C[C@H](N(C)CCc3ccc(C(=O)NC[C@@H]4CN(C)C(=O)O4)cc3)[C@H]2O)[C@](C)(O)C[C@@H](C)C(=O)[C@H](C)[C@@H](O)[C@]1(C)O. The third-order valence-corrected chi connectivity index (χ3v) is 15.2. The zero-order valence-electron chi connectivity index (χ0n) is 42.8. The van der Waals surface area contributed by atoms with Gasteiger partial charge in [0.15, 0.2) is 12.6 Å². The summed E-state index contributed by atoms with van der Waals surface area (Å²) < 4.78 is 43.0. The summed E-state index contributed by atoms with van der Waals surface area (Å²) >= 11 is 0. The van der Waals surface area contributed by atoms with E-state index < -0.39 is 132 Å². The fourth-order valence-electron chi connectivity index (χ4n) is 10.7. The third-order valence-electron chi connectivity index (χ3n) is 15.2. The molecule has 4 saturated heterocycles. The van der Waals surface area contributed by atoms with E-state index in [-0.39, 0.29) is 31.7 Å². The molecule has 392 valence electrons. The maximum atomic E-state index is 14.3. The van der Waals surface area contributed by atoms with Crippen LogP contribution in [0.1, 0.15) is 111 Å². The number of aliphatic hydroxyl groups is 5. The number of ketones is 1. The number of ether oxygens (including phenoxy) is 7. The molecule has 4 aliphatic heterocycles. The molecule has 19 nitrogen and oxygen atoms in total. The van der Waals surface area contributed by atoms with Crippen LogP contribution in [0.3, 0.4) is 0 Å². The molecular formula is C50H81N3O16. The monoisotopic (exact) mass is 980 g/mol. The number of hydrogen-bond acceptors (Lipinski definition) is 17. The van der Waals surface area contributed by atoms with E-state index in [2.05, 4.69) is 5.32 Å². The van der Waals surface area contributed by atoms with Crippen molar-refractivity contribution in [3.8, 4) is 0 Å². The first kappa shape index (κ1) is 56.6. The number of carbonyl (C=O) groups is 4. The highest BCUT2D eigenvalue weighted by Crippen LogP contribution is 2.41. The average Bonchev–Trinajstić information content (AvgIpc) is 3.63. The third kappa shape index (κ3) is 13.0. The van der Waals surface area contributed by atoms with Crippen LogP contribution in [-0.2, 0) is 49.2 Å². The number of amides is 2. The molecule has 4 heterocycles. The molecule has 0 spiro atoms. The van der Waals surface area contributed by atoms with Crippen molar-refractivity contribution in [1.82, 2.24) is 15.1 Å². The summed E-state index contributed by atoms with van der Waals surface area (Å²) in [6.45, 7) is 17.3. The second-order valence-electron chi connectivity index (χ2n) is 21.0. The number of aliphatic hydroxyl groups excluding tert-OH is 3. The highest BCUT2D eigenvalue weighted by atomic mass is 16.7. The van der Waals surface area contributed by atoms with Crippen molar-refractivity contribution in [2.45, 2.75) is 192 Å². The van der Waals surface area contributed by atoms with Crippen LogP contribution in [0.2, 0.25) is 0 Å². The molecule has 2 amide bonds. The van der Waals surface area contributed by atoms with Gasteiger partial charge in [-0.15, -0.1) is 0 Å². The number of esters is 1. The van der Waals surface area contributed by atoms with Crippen LogP contribution in [0, 0.1) is 23.7 Å². The number of carbonyl (C=O) groups excluding carboxylic acids is 4. The number of hydrogen-bond donors (Lipinski definition) is 6. The van der Waals surface area contributed by atoms with Gasteiger partial charge in [0, 0.05) is 56.5 Å². The van der Waals surface area contributed by atoms with Gasteiger partial charge in [-0.1, -0.05) is 39.8 Å². The summed E-state index contributed by atoms with van der Waals surface area (Å²) in [5, 5.41) is 61.9. The maximum absolute atomic E-state index is 14.3. The summed E-state index contributed by atoms with van der Waals surface area (Å²) in [5.74, 6) is -5.59. The molecule has 0 bridgehead atoms. The number of Topliss-reactive ketones (excluding diaryl/α,β-unsaturated/α-hetero) is 1. The van der Waals surface area contributed by atoms with Gasteiger partial charge in [0.05, 0.1) is 60.7 Å². The molecule has 0 radical (unpaired) electrons. The molecule has 0 saturated carbocycles. The molecule has 5 rings (SSSR count). The standard InChI is InChI=1S/C50H81N3O16/c1-14-36-50(10,62)41(56)28(4)38(54)26(2)22-48(8,61)43(29(5)40(30(6)45(59)67-36)68-37-23-49(9,63-13)42(57)31(7)65-37)69-46-39(55)35(21-27(3)64-46)52(11)20-19-32-15-17-33(18-16-32)44(58)51-24-34-25-53(12)47(60)66-34/h15-18,26-31,34-37,39-43,46,55-57,61-62H,14,19-25H2,1-13H3,(H,51,58)/t26-,27-,28+,29+,30-,31+,34-,35+,36-,37+,39-,40+,41-,42+,43-,46+,48-,49-,50-/m1/s1. The zero-order valence-corrected chi connectivity index (χ0v) is 42.8. The van der Waals surface area contributed by atoms with Crippen molar-refractivity contribution in [2.24, 2.45) is 23.7 Å². The first-order valence-electron chi connectivity index (χ1n) is 24.5. The summed E-state index contributed by atoms with van der Waals surface area (Å²) in [6, 6.07) is 6.70. The van der Waals surface area contributed by atoms with E-state index in [0.717, 1.165) is 5.56 Å². The predicted octanol–water partition coefficient (Wildman–Crippen LogP) is 2.58. The van der Waals surface area contributed by atoms with Gasteiger partial charge in [0.25, 0.3) is 5.91 Å². The smallest absolute Gasteiger partial charge is 0.410 e. The van der Waals surface area contributed by atoms with Crippen LogP contribution in [0.4, 0.5) is 4.79 Å². The Labute approximate surface area is 407 Å². The Bertz CT molecular complexity index is 1900. The van der Waals surface area contributed by atoms with Gasteiger partial charge in [-0.25, -0.2) is 4.79 Å². The van der Waals surface area contributed by atoms with Gasteiger partial charge in [-0.05, 0) is 92.0 Å². The zero-order chi connectivity index (χ0) is 51.5. The lowest BCUT2D eigenvalue weighted by atomic mass is 9.74. The minimum atomic E-state index is -2.04. The predicted molar refractivity (Wildman–Crippen MR) is 251 cm³/mol. The van der Waals surface area contributed by atoms with Crippen molar-refractivity contribution in [3.05, 3.63) is 35.4 Å². The van der Waals surface area contributed by atoms with Crippen molar-refractivity contribution in [2.75, 3.05) is 40.8 Å². The number of nitrogens with zero attached hydrogens (tertiary/aromatic N) is 2. The number of likely N-dealkylation sites (N-methyl/N-ethyl adjacent to an activating group) is 2. The van der Waals surface area contributed by atoms with Crippen LogP contribution in [0.15, 0.2) is 24.3 Å². The van der Waals surface area contributed by atoms with Crippen LogP contribution in [-0.4, -0.2) is 190 Å². The van der Waals surface area contributed by atoms with Gasteiger partial charge in [-0.2, -0.15) is 0 Å².